The van der Waals surface area contributed by atoms with E-state index in [0.717, 1.165) is 25.6 Å². The maximum Gasteiger partial charge on any atom is 0.234 e. The Balaban J connectivity index is 1.52. The molecule has 126 valence electrons. The van der Waals surface area contributed by atoms with E-state index >= 15 is 0 Å². The first-order valence-electron chi connectivity index (χ1n) is 9.00. The molecule has 2 fully saturated rings. The Hall–Kier alpha value is -1.39. The number of benzene rings is 1. The largest absolute Gasteiger partial charge is 0.353 e. The van der Waals surface area contributed by atoms with Crippen molar-refractivity contribution in [1.82, 2.24) is 15.5 Å². The molecule has 1 unspecified atom stereocenters. The molecule has 1 heterocycles. The number of hydrogen-bond acceptors (Lipinski definition) is 3. The summed E-state index contributed by atoms with van der Waals surface area (Å²) in [6.07, 6.45) is 5.16. The monoisotopic (exact) mass is 315 g/mol. The smallest absolute Gasteiger partial charge is 0.234 e. The van der Waals surface area contributed by atoms with E-state index in [9.17, 15) is 4.79 Å². The van der Waals surface area contributed by atoms with Crippen LogP contribution in [0.2, 0.25) is 0 Å². The molecule has 1 aromatic carbocycles. The molecule has 1 saturated carbocycles. The first-order valence-corrected chi connectivity index (χ1v) is 9.00. The summed E-state index contributed by atoms with van der Waals surface area (Å²) in [5, 5.41) is 6.39. The summed E-state index contributed by atoms with van der Waals surface area (Å²) >= 11 is 0. The predicted molar refractivity (Wildman–Crippen MR) is 93.3 cm³/mol. The number of carbonyl (C=O) groups is 1. The Bertz CT molecular complexity index is 504. The topological polar surface area (TPSA) is 44.4 Å². The zero-order valence-corrected chi connectivity index (χ0v) is 14.2. The molecule has 0 aromatic heterocycles. The van der Waals surface area contributed by atoms with Gasteiger partial charge in [-0.2, -0.15) is 0 Å². The average Bonchev–Trinajstić information content (AvgIpc) is 3.21. The number of rotatable bonds is 8. The third kappa shape index (κ3) is 5.05. The predicted octanol–water partition coefficient (Wildman–Crippen LogP) is 2.25. The number of amides is 1. The second-order valence-electron chi connectivity index (χ2n) is 7.05. The van der Waals surface area contributed by atoms with Crippen LogP contribution in [-0.2, 0) is 4.79 Å². The molecule has 0 spiro atoms. The third-order valence-corrected chi connectivity index (χ3v) is 4.95. The van der Waals surface area contributed by atoms with Crippen LogP contribution >= 0.6 is 0 Å². The molecule has 1 aliphatic heterocycles. The molecular weight excluding hydrogens is 286 g/mol. The van der Waals surface area contributed by atoms with Gasteiger partial charge < -0.3 is 10.6 Å². The molecule has 1 saturated heterocycles. The number of nitrogens with zero attached hydrogens (tertiary/aromatic N) is 1. The number of hydrogen-bond donors (Lipinski definition) is 2. The second kappa shape index (κ2) is 7.93. The molecule has 0 bridgehead atoms. The molecule has 2 aliphatic rings. The van der Waals surface area contributed by atoms with Gasteiger partial charge in [0.1, 0.15) is 0 Å². The van der Waals surface area contributed by atoms with E-state index in [4.69, 9.17) is 0 Å². The van der Waals surface area contributed by atoms with Crippen molar-refractivity contribution in [2.45, 2.75) is 38.6 Å². The molecule has 0 radical (unpaired) electrons. The first-order chi connectivity index (χ1) is 11.2. The van der Waals surface area contributed by atoms with Crippen molar-refractivity contribution in [3.8, 4) is 0 Å². The average molecular weight is 315 g/mol. The van der Waals surface area contributed by atoms with Crippen molar-refractivity contribution >= 4 is 5.91 Å². The highest BCUT2D eigenvalue weighted by Gasteiger charge is 2.24. The third-order valence-electron chi connectivity index (χ3n) is 4.95. The Morgan fingerprint density at radius 1 is 1.22 bits per heavy atom. The van der Waals surface area contributed by atoms with Crippen LogP contribution in [0.25, 0.3) is 0 Å². The maximum atomic E-state index is 12.1. The zero-order valence-electron chi connectivity index (χ0n) is 14.2. The fourth-order valence-corrected chi connectivity index (χ4v) is 3.28. The SMILES string of the molecule is Cc1ccc(C(CNC(=O)CNCC2CC2)N2CCCC2)cc1. The van der Waals surface area contributed by atoms with E-state index in [1.165, 1.54) is 36.8 Å². The van der Waals surface area contributed by atoms with Crippen LogP contribution in [0, 0.1) is 12.8 Å². The van der Waals surface area contributed by atoms with E-state index in [0.29, 0.717) is 19.1 Å². The van der Waals surface area contributed by atoms with Crippen molar-refractivity contribution < 1.29 is 4.79 Å². The van der Waals surface area contributed by atoms with Crippen molar-refractivity contribution in [1.29, 1.82) is 0 Å². The molecule has 1 amide bonds. The molecular formula is C19H29N3O. The van der Waals surface area contributed by atoms with Gasteiger partial charge in [-0.25, -0.2) is 0 Å². The van der Waals surface area contributed by atoms with Crippen LogP contribution in [0.1, 0.15) is 42.9 Å². The number of likely N-dealkylation sites (tertiary alicyclic amines) is 1. The standard InChI is InChI=1S/C19H29N3O/c1-15-4-8-17(9-5-15)18(22-10-2-3-11-22)13-21-19(23)14-20-12-16-6-7-16/h4-5,8-9,16,18,20H,2-3,6-7,10-14H2,1H3,(H,21,23). The fourth-order valence-electron chi connectivity index (χ4n) is 3.28. The lowest BCUT2D eigenvalue weighted by Gasteiger charge is -2.28. The van der Waals surface area contributed by atoms with Gasteiger partial charge in [0.2, 0.25) is 5.91 Å². The van der Waals surface area contributed by atoms with Gasteiger partial charge in [0.15, 0.2) is 0 Å². The van der Waals surface area contributed by atoms with Crippen LogP contribution in [0.15, 0.2) is 24.3 Å². The molecule has 23 heavy (non-hydrogen) atoms. The number of aryl methyl sites for hydroxylation is 1. The van der Waals surface area contributed by atoms with Gasteiger partial charge in [-0.3, -0.25) is 9.69 Å². The lowest BCUT2D eigenvalue weighted by molar-refractivity contribution is -0.120. The summed E-state index contributed by atoms with van der Waals surface area (Å²) in [7, 11) is 0. The molecule has 4 heteroatoms. The van der Waals surface area contributed by atoms with Gasteiger partial charge in [-0.15, -0.1) is 0 Å². The number of carbonyl (C=O) groups excluding carboxylic acids is 1. The highest BCUT2D eigenvalue weighted by molar-refractivity contribution is 5.78. The van der Waals surface area contributed by atoms with Crippen LogP contribution in [0.5, 0.6) is 0 Å². The Morgan fingerprint density at radius 3 is 2.57 bits per heavy atom. The molecule has 1 aromatic rings. The van der Waals surface area contributed by atoms with Gasteiger partial charge >= 0.3 is 0 Å². The summed E-state index contributed by atoms with van der Waals surface area (Å²) in [6.45, 7) is 6.51. The highest BCUT2D eigenvalue weighted by atomic mass is 16.1. The van der Waals surface area contributed by atoms with Crippen LogP contribution in [0.4, 0.5) is 0 Å². The molecule has 1 aliphatic carbocycles. The Kier molecular flexibility index (Phi) is 5.68. The Labute approximate surface area is 139 Å². The lowest BCUT2D eigenvalue weighted by Crippen LogP contribution is -2.40. The minimum atomic E-state index is 0.113. The molecule has 2 N–H and O–H groups in total. The maximum absolute atomic E-state index is 12.1. The molecule has 4 nitrogen and oxygen atoms in total. The Morgan fingerprint density at radius 2 is 1.91 bits per heavy atom. The molecule has 3 rings (SSSR count). The van der Waals surface area contributed by atoms with Gasteiger partial charge in [0.25, 0.3) is 0 Å². The quantitative estimate of drug-likeness (QED) is 0.773. The summed E-state index contributed by atoms with van der Waals surface area (Å²) < 4.78 is 0. The van der Waals surface area contributed by atoms with Crippen molar-refractivity contribution in [2.24, 2.45) is 5.92 Å². The van der Waals surface area contributed by atoms with E-state index < -0.39 is 0 Å². The van der Waals surface area contributed by atoms with E-state index in [1.807, 2.05) is 0 Å². The lowest BCUT2D eigenvalue weighted by atomic mass is 10.0. The summed E-state index contributed by atoms with van der Waals surface area (Å²) in [5.74, 6) is 0.926. The zero-order chi connectivity index (χ0) is 16.1. The minimum absolute atomic E-state index is 0.113. The van der Waals surface area contributed by atoms with Gasteiger partial charge in [0.05, 0.1) is 12.6 Å². The van der Waals surface area contributed by atoms with E-state index in [1.54, 1.807) is 0 Å². The highest BCUT2D eigenvalue weighted by Crippen LogP contribution is 2.27. The van der Waals surface area contributed by atoms with Gasteiger partial charge in [-0.1, -0.05) is 29.8 Å². The first kappa shape index (κ1) is 16.5. The summed E-state index contributed by atoms with van der Waals surface area (Å²) in [6, 6.07) is 9.03. The fraction of sp³-hybridized carbons (Fsp3) is 0.632. The summed E-state index contributed by atoms with van der Waals surface area (Å²) in [5.41, 5.74) is 2.59. The van der Waals surface area contributed by atoms with Crippen LogP contribution in [0.3, 0.4) is 0 Å². The van der Waals surface area contributed by atoms with Crippen molar-refractivity contribution in [3.05, 3.63) is 35.4 Å². The van der Waals surface area contributed by atoms with E-state index in [2.05, 4.69) is 46.7 Å². The van der Waals surface area contributed by atoms with Crippen LogP contribution in [-0.4, -0.2) is 43.5 Å². The normalized spacial score (nSPS) is 19.7. The van der Waals surface area contributed by atoms with Gasteiger partial charge in [0, 0.05) is 6.54 Å². The van der Waals surface area contributed by atoms with E-state index in [-0.39, 0.29) is 5.91 Å². The molecule has 1 atom stereocenters. The summed E-state index contributed by atoms with van der Waals surface area (Å²) in [4.78, 5) is 14.6. The second-order valence-corrected chi connectivity index (χ2v) is 7.05. The van der Waals surface area contributed by atoms with Crippen LogP contribution < -0.4 is 10.6 Å². The van der Waals surface area contributed by atoms with Crippen molar-refractivity contribution in [2.75, 3.05) is 32.7 Å². The van der Waals surface area contributed by atoms with Crippen molar-refractivity contribution in [3.63, 3.8) is 0 Å². The van der Waals surface area contributed by atoms with Gasteiger partial charge in [-0.05, 0) is 63.7 Å². The minimum Gasteiger partial charge on any atom is -0.353 e. The number of nitrogens with one attached hydrogen (secondary N) is 2.